The Morgan fingerprint density at radius 3 is 2.67 bits per heavy atom. The van der Waals surface area contributed by atoms with Crippen molar-refractivity contribution in [2.45, 2.75) is 13.0 Å². The fraction of sp³-hybridized carbons (Fsp3) is 0.167. The van der Waals surface area contributed by atoms with Crippen molar-refractivity contribution in [1.29, 1.82) is 0 Å². The summed E-state index contributed by atoms with van der Waals surface area (Å²) in [4.78, 5) is 0.793. The lowest BCUT2D eigenvalue weighted by Crippen LogP contribution is -2.10. The molecule has 18 heavy (non-hydrogen) atoms. The van der Waals surface area contributed by atoms with Crippen LogP contribution in [0.1, 0.15) is 18.8 Å². The van der Waals surface area contributed by atoms with E-state index in [4.69, 9.17) is 5.73 Å². The topological polar surface area (TPSA) is 56.2 Å². The van der Waals surface area contributed by atoms with Gasteiger partial charge in [-0.2, -0.15) is 0 Å². The Kier molecular flexibility index (Phi) is 2.61. The van der Waals surface area contributed by atoms with Gasteiger partial charge in [0.1, 0.15) is 5.82 Å². The van der Waals surface area contributed by atoms with E-state index in [-0.39, 0.29) is 11.9 Å². The van der Waals surface area contributed by atoms with Crippen molar-refractivity contribution in [1.82, 2.24) is 14.6 Å². The van der Waals surface area contributed by atoms with Gasteiger partial charge in [-0.1, -0.05) is 0 Å². The van der Waals surface area contributed by atoms with Gasteiger partial charge in [0.15, 0.2) is 5.82 Å². The molecule has 0 saturated carbocycles. The maximum Gasteiger partial charge on any atom is 0.216 e. The Bertz CT molecular complexity index is 684. The van der Waals surface area contributed by atoms with E-state index >= 15 is 0 Å². The molecule has 0 fully saturated rings. The van der Waals surface area contributed by atoms with Gasteiger partial charge in [-0.05, 0) is 36.8 Å². The maximum absolute atomic E-state index is 12.9. The van der Waals surface area contributed by atoms with Crippen LogP contribution in [0.4, 0.5) is 4.39 Å². The molecule has 1 unspecified atom stereocenters. The van der Waals surface area contributed by atoms with E-state index in [0.29, 0.717) is 5.82 Å². The quantitative estimate of drug-likeness (QED) is 0.772. The van der Waals surface area contributed by atoms with Crippen LogP contribution in [0, 0.1) is 5.82 Å². The van der Waals surface area contributed by atoms with Crippen LogP contribution in [0.15, 0.2) is 29.6 Å². The predicted octanol–water partition coefficient (Wildman–Crippen LogP) is 2.62. The first-order valence-electron chi connectivity index (χ1n) is 5.51. The van der Waals surface area contributed by atoms with Crippen LogP contribution in [0.2, 0.25) is 0 Å². The van der Waals surface area contributed by atoms with Crippen molar-refractivity contribution >= 4 is 16.3 Å². The molecule has 0 amide bonds. The van der Waals surface area contributed by atoms with Gasteiger partial charge in [-0.25, -0.2) is 4.39 Å². The number of benzene rings is 1. The van der Waals surface area contributed by atoms with Gasteiger partial charge in [0, 0.05) is 5.38 Å². The summed E-state index contributed by atoms with van der Waals surface area (Å²) in [5.41, 5.74) is 7.73. The number of thiazole rings is 1. The Morgan fingerprint density at radius 1 is 1.28 bits per heavy atom. The summed E-state index contributed by atoms with van der Waals surface area (Å²) in [6.07, 6.45) is 0. The molecule has 0 aliphatic carbocycles. The van der Waals surface area contributed by atoms with Crippen molar-refractivity contribution in [3.63, 3.8) is 0 Å². The smallest absolute Gasteiger partial charge is 0.216 e. The Labute approximate surface area is 107 Å². The third-order valence-electron chi connectivity index (χ3n) is 2.72. The fourth-order valence-corrected chi connectivity index (χ4v) is 2.70. The molecule has 1 atom stereocenters. The lowest BCUT2D eigenvalue weighted by molar-refractivity contribution is 0.628. The van der Waals surface area contributed by atoms with Gasteiger partial charge in [0.05, 0.1) is 11.7 Å². The Hall–Kier alpha value is -1.79. The van der Waals surface area contributed by atoms with E-state index in [1.807, 2.05) is 16.7 Å². The molecule has 3 rings (SSSR count). The fourth-order valence-electron chi connectivity index (χ4n) is 1.86. The number of nitrogens with zero attached hydrogens (tertiary/aromatic N) is 3. The number of hydrogen-bond donors (Lipinski definition) is 1. The molecule has 92 valence electrons. The highest BCUT2D eigenvalue weighted by Gasteiger charge is 2.15. The molecule has 0 aliphatic rings. The molecule has 0 radical (unpaired) electrons. The molecular weight excluding hydrogens is 251 g/mol. The van der Waals surface area contributed by atoms with E-state index in [9.17, 15) is 4.39 Å². The molecule has 1 aromatic carbocycles. The van der Waals surface area contributed by atoms with E-state index in [1.165, 1.54) is 23.5 Å². The van der Waals surface area contributed by atoms with E-state index in [1.54, 1.807) is 12.1 Å². The summed E-state index contributed by atoms with van der Waals surface area (Å²) >= 11 is 1.49. The van der Waals surface area contributed by atoms with Crippen LogP contribution >= 0.6 is 11.3 Å². The second-order valence-electron chi connectivity index (χ2n) is 4.09. The van der Waals surface area contributed by atoms with E-state index < -0.39 is 0 Å². The number of halogens is 1. The molecule has 0 aliphatic heterocycles. The van der Waals surface area contributed by atoms with E-state index in [2.05, 4.69) is 10.2 Å². The minimum Gasteiger partial charge on any atom is -0.322 e. The minimum absolute atomic E-state index is 0.200. The third-order valence-corrected chi connectivity index (χ3v) is 3.54. The zero-order valence-corrected chi connectivity index (χ0v) is 10.5. The first kappa shape index (κ1) is 11.3. The number of fused-ring (bicyclic) bond motifs is 1. The van der Waals surface area contributed by atoms with Crippen molar-refractivity contribution in [3.8, 4) is 11.3 Å². The molecular formula is C12H11FN4S. The van der Waals surface area contributed by atoms with Crippen LogP contribution in [-0.4, -0.2) is 14.6 Å². The van der Waals surface area contributed by atoms with Gasteiger partial charge in [-0.3, -0.25) is 4.40 Å². The number of nitrogens with two attached hydrogens (primary N) is 1. The monoisotopic (exact) mass is 262 g/mol. The number of rotatable bonds is 2. The first-order valence-corrected chi connectivity index (χ1v) is 6.39. The summed E-state index contributed by atoms with van der Waals surface area (Å²) < 4.78 is 14.9. The zero-order valence-electron chi connectivity index (χ0n) is 9.67. The lowest BCUT2D eigenvalue weighted by Gasteiger charge is -2.05. The molecule has 2 aromatic heterocycles. The average molecular weight is 262 g/mol. The van der Waals surface area contributed by atoms with Gasteiger partial charge in [0.2, 0.25) is 4.96 Å². The third kappa shape index (κ3) is 1.70. The van der Waals surface area contributed by atoms with Crippen molar-refractivity contribution < 1.29 is 4.39 Å². The summed E-state index contributed by atoms with van der Waals surface area (Å²) in [6.45, 7) is 1.86. The van der Waals surface area contributed by atoms with Crippen LogP contribution in [0.5, 0.6) is 0 Å². The van der Waals surface area contributed by atoms with Crippen LogP contribution in [-0.2, 0) is 0 Å². The molecule has 6 heteroatoms. The lowest BCUT2D eigenvalue weighted by atomic mass is 10.1. The maximum atomic E-state index is 12.9. The standard InChI is InChI=1S/C12H11FN4S/c1-7(14)11-15-16-12-17(11)10(6-18-12)8-2-4-9(13)5-3-8/h2-7H,14H2,1H3. The van der Waals surface area contributed by atoms with Crippen LogP contribution in [0.25, 0.3) is 16.2 Å². The summed E-state index contributed by atoms with van der Waals surface area (Å²) in [6, 6.07) is 6.15. The molecule has 2 N–H and O–H groups in total. The number of aromatic nitrogens is 3. The Balaban J connectivity index is 2.22. The average Bonchev–Trinajstić information content (AvgIpc) is 2.90. The normalized spacial score (nSPS) is 13.1. The molecule has 4 nitrogen and oxygen atoms in total. The number of hydrogen-bond acceptors (Lipinski definition) is 4. The van der Waals surface area contributed by atoms with Crippen LogP contribution < -0.4 is 5.73 Å². The van der Waals surface area contributed by atoms with Crippen molar-refractivity contribution in [3.05, 3.63) is 41.3 Å². The Morgan fingerprint density at radius 2 is 2.00 bits per heavy atom. The minimum atomic E-state index is -0.249. The largest absolute Gasteiger partial charge is 0.322 e. The van der Waals surface area contributed by atoms with Gasteiger partial charge in [0.25, 0.3) is 0 Å². The van der Waals surface area contributed by atoms with Gasteiger partial charge in [-0.15, -0.1) is 21.5 Å². The molecule has 0 saturated heterocycles. The molecule has 0 bridgehead atoms. The van der Waals surface area contributed by atoms with Crippen LogP contribution in [0.3, 0.4) is 0 Å². The molecule has 2 heterocycles. The first-order chi connectivity index (χ1) is 8.66. The highest BCUT2D eigenvalue weighted by molar-refractivity contribution is 7.15. The molecule has 3 aromatic rings. The second kappa shape index (κ2) is 4.15. The van der Waals surface area contributed by atoms with Gasteiger partial charge >= 0.3 is 0 Å². The highest BCUT2D eigenvalue weighted by Crippen LogP contribution is 2.27. The summed E-state index contributed by atoms with van der Waals surface area (Å²) in [7, 11) is 0. The second-order valence-corrected chi connectivity index (χ2v) is 4.93. The summed E-state index contributed by atoms with van der Waals surface area (Å²) in [5, 5.41) is 10.1. The van der Waals surface area contributed by atoms with Gasteiger partial charge < -0.3 is 5.73 Å². The van der Waals surface area contributed by atoms with Crippen molar-refractivity contribution in [2.75, 3.05) is 0 Å². The molecule has 0 spiro atoms. The summed E-state index contributed by atoms with van der Waals surface area (Å²) in [5.74, 6) is 0.465. The van der Waals surface area contributed by atoms with E-state index in [0.717, 1.165) is 16.2 Å². The SMILES string of the molecule is CC(N)c1nnc2scc(-c3ccc(F)cc3)n12. The predicted molar refractivity (Wildman–Crippen MR) is 68.9 cm³/mol. The highest BCUT2D eigenvalue weighted by atomic mass is 32.1. The van der Waals surface area contributed by atoms with Crippen molar-refractivity contribution in [2.24, 2.45) is 5.73 Å². The zero-order chi connectivity index (χ0) is 12.7.